The Morgan fingerprint density at radius 1 is 1.73 bits per heavy atom. The highest BCUT2D eigenvalue weighted by Crippen LogP contribution is 2.05. The predicted octanol–water partition coefficient (Wildman–Crippen LogP) is -1.01. The van der Waals surface area contributed by atoms with Gasteiger partial charge in [-0.15, -0.1) is 0 Å². The van der Waals surface area contributed by atoms with E-state index in [4.69, 9.17) is 15.6 Å². The third-order valence-electron chi connectivity index (χ3n) is 0.897. The van der Waals surface area contributed by atoms with E-state index in [1.807, 2.05) is 0 Å². The fourth-order valence-electron chi connectivity index (χ4n) is 0.338. The molecule has 1 atom stereocenters. The Hall–Kier alpha value is -0.770. The van der Waals surface area contributed by atoms with Crippen LogP contribution in [0.15, 0.2) is 0 Å². The van der Waals surface area contributed by atoms with Crippen LogP contribution in [0.5, 0.6) is 0 Å². The number of aliphatic hydroxyl groups excluding tert-OH is 1. The number of rotatable bonds is 4. The van der Waals surface area contributed by atoms with Crippen molar-refractivity contribution in [2.75, 3.05) is 6.35 Å². The molecule has 0 aliphatic carbocycles. The average molecular weight is 177 g/mol. The lowest BCUT2D eigenvalue weighted by Gasteiger charge is -1.92. The molecule has 0 saturated heterocycles. The molecule has 0 heterocycles. The standard InChI is InChI=1S/C5H8NO4P/c6-4(5(8)9)1-2-11(10)3-7/h2,6-7H,1,3H2,(H,8,9). The van der Waals surface area contributed by atoms with Gasteiger partial charge in [0.1, 0.15) is 5.71 Å². The molecule has 0 aliphatic rings. The van der Waals surface area contributed by atoms with Gasteiger partial charge in [-0.3, -0.25) is 5.41 Å². The van der Waals surface area contributed by atoms with Crippen molar-refractivity contribution in [1.29, 1.82) is 5.41 Å². The summed E-state index contributed by atoms with van der Waals surface area (Å²) in [6.45, 7) is 0. The number of hydrogen-bond acceptors (Lipinski definition) is 4. The molecule has 0 radical (unpaired) electrons. The molecule has 0 aliphatic heterocycles. The molecule has 62 valence electrons. The Balaban J connectivity index is 3.88. The summed E-state index contributed by atoms with van der Waals surface area (Å²) < 4.78 is 0. The Morgan fingerprint density at radius 3 is 2.64 bits per heavy atom. The highest BCUT2D eigenvalue weighted by atomic mass is 31.1. The van der Waals surface area contributed by atoms with Crippen molar-refractivity contribution in [1.82, 2.24) is 0 Å². The molecule has 0 aromatic carbocycles. The Labute approximate surface area is 64.3 Å². The summed E-state index contributed by atoms with van der Waals surface area (Å²) >= 11 is 0. The van der Waals surface area contributed by atoms with E-state index in [1.54, 1.807) is 0 Å². The molecule has 0 aromatic rings. The first-order chi connectivity index (χ1) is 5.07. The summed E-state index contributed by atoms with van der Waals surface area (Å²) in [5, 5.41) is 23.2. The van der Waals surface area contributed by atoms with Crippen LogP contribution in [0, 0.1) is 5.41 Å². The number of carbonyl (C=O) groups is 1. The molecule has 0 spiro atoms. The molecular weight excluding hydrogens is 169 g/mol. The van der Waals surface area contributed by atoms with E-state index < -0.39 is 25.8 Å². The minimum absolute atomic E-state index is 0.175. The van der Waals surface area contributed by atoms with E-state index in [-0.39, 0.29) is 6.42 Å². The van der Waals surface area contributed by atoms with Gasteiger partial charge in [0.05, 0.1) is 20.0 Å². The maximum absolute atomic E-state index is 10.5. The zero-order valence-corrected chi connectivity index (χ0v) is 6.54. The van der Waals surface area contributed by atoms with Gasteiger partial charge in [-0.25, -0.2) is 4.79 Å². The lowest BCUT2D eigenvalue weighted by Crippen LogP contribution is -2.11. The van der Waals surface area contributed by atoms with E-state index in [1.165, 1.54) is 0 Å². The molecule has 0 saturated carbocycles. The number of nitrogens with one attached hydrogen (secondary N) is 1. The van der Waals surface area contributed by atoms with Crippen LogP contribution in [0.1, 0.15) is 6.42 Å². The third kappa shape index (κ3) is 4.61. The SMILES string of the molecule is N=C(CC=[P+]([O-])CO)C(=O)O. The summed E-state index contributed by atoms with van der Waals surface area (Å²) in [6, 6.07) is 0. The van der Waals surface area contributed by atoms with Gasteiger partial charge in [-0.05, 0) is 0 Å². The Kier molecular flexibility index (Phi) is 4.61. The number of carboxylic acid groups (broad SMARTS) is 1. The van der Waals surface area contributed by atoms with Crippen molar-refractivity contribution in [2.45, 2.75) is 6.42 Å². The molecule has 11 heavy (non-hydrogen) atoms. The number of aliphatic carboxylic acids is 1. The van der Waals surface area contributed by atoms with Crippen LogP contribution in [0.4, 0.5) is 0 Å². The van der Waals surface area contributed by atoms with Gasteiger partial charge in [-0.2, -0.15) is 0 Å². The molecule has 0 bridgehead atoms. The van der Waals surface area contributed by atoms with Crippen LogP contribution in [0.2, 0.25) is 0 Å². The Bertz CT molecular complexity index is 201. The van der Waals surface area contributed by atoms with Crippen molar-refractivity contribution >= 4 is 25.2 Å². The number of hydrogen-bond donors (Lipinski definition) is 3. The van der Waals surface area contributed by atoms with Crippen molar-refractivity contribution in [3.05, 3.63) is 0 Å². The lowest BCUT2D eigenvalue weighted by molar-refractivity contribution is -0.155. The van der Waals surface area contributed by atoms with Gasteiger partial charge in [-0.1, -0.05) is 0 Å². The zero-order chi connectivity index (χ0) is 8.85. The fourth-order valence-corrected chi connectivity index (χ4v) is 0.840. The number of carboxylic acids is 1. The van der Waals surface area contributed by atoms with Gasteiger partial charge in [0.2, 0.25) is 0 Å². The van der Waals surface area contributed by atoms with E-state index in [0.717, 1.165) is 5.80 Å². The van der Waals surface area contributed by atoms with Crippen LogP contribution >= 0.6 is 7.77 Å². The molecule has 0 amide bonds. The molecule has 3 N–H and O–H groups in total. The summed E-state index contributed by atoms with van der Waals surface area (Å²) in [4.78, 5) is 20.5. The van der Waals surface area contributed by atoms with Crippen molar-refractivity contribution < 1.29 is 19.9 Å². The maximum atomic E-state index is 10.5. The quantitative estimate of drug-likeness (QED) is 0.378. The van der Waals surface area contributed by atoms with Gasteiger partial charge in [0.25, 0.3) is 0 Å². The average Bonchev–Trinajstić information content (AvgIpc) is 1.99. The molecule has 0 fully saturated rings. The summed E-state index contributed by atoms with van der Waals surface area (Å²) in [7, 11) is -1.86. The molecule has 0 aromatic heterocycles. The van der Waals surface area contributed by atoms with Crippen LogP contribution in [-0.2, 0) is 4.79 Å². The normalized spacial score (nSPS) is 11.3. The molecule has 0 rings (SSSR count). The fraction of sp³-hybridized carbons (Fsp3) is 0.400. The molecule has 5 nitrogen and oxygen atoms in total. The van der Waals surface area contributed by atoms with Crippen LogP contribution in [0.3, 0.4) is 0 Å². The topological polar surface area (TPSA) is 104 Å². The second kappa shape index (κ2) is 4.96. The predicted molar refractivity (Wildman–Crippen MR) is 40.0 cm³/mol. The minimum atomic E-state index is -1.86. The monoisotopic (exact) mass is 177 g/mol. The van der Waals surface area contributed by atoms with E-state index in [0.29, 0.717) is 0 Å². The second-order valence-corrected chi connectivity index (χ2v) is 3.21. The first-order valence-electron chi connectivity index (χ1n) is 2.76. The molecule has 6 heteroatoms. The van der Waals surface area contributed by atoms with Gasteiger partial charge in [0.15, 0.2) is 6.35 Å². The van der Waals surface area contributed by atoms with Gasteiger partial charge >= 0.3 is 5.97 Å². The van der Waals surface area contributed by atoms with E-state index in [9.17, 15) is 9.69 Å². The van der Waals surface area contributed by atoms with Crippen LogP contribution < -0.4 is 4.89 Å². The third-order valence-corrected chi connectivity index (χ3v) is 1.77. The van der Waals surface area contributed by atoms with E-state index in [2.05, 4.69) is 0 Å². The molecular formula is C5H8NO4P. The Morgan fingerprint density at radius 2 is 2.27 bits per heavy atom. The molecule has 1 unspecified atom stereocenters. The van der Waals surface area contributed by atoms with Gasteiger partial charge in [0, 0.05) is 0 Å². The van der Waals surface area contributed by atoms with Crippen LogP contribution in [-0.4, -0.2) is 34.0 Å². The van der Waals surface area contributed by atoms with Crippen molar-refractivity contribution in [2.24, 2.45) is 0 Å². The zero-order valence-electron chi connectivity index (χ0n) is 5.65. The second-order valence-electron chi connectivity index (χ2n) is 1.73. The summed E-state index contributed by atoms with van der Waals surface area (Å²) in [6.07, 6.45) is -0.673. The minimum Gasteiger partial charge on any atom is -0.629 e. The summed E-state index contributed by atoms with van der Waals surface area (Å²) in [5.41, 5.74) is -0.526. The maximum Gasteiger partial charge on any atom is 0.349 e. The van der Waals surface area contributed by atoms with Crippen LogP contribution in [0.25, 0.3) is 0 Å². The summed E-state index contributed by atoms with van der Waals surface area (Å²) in [5.74, 6) is -0.214. The smallest absolute Gasteiger partial charge is 0.349 e. The lowest BCUT2D eigenvalue weighted by atomic mass is 10.3. The largest absolute Gasteiger partial charge is 0.629 e. The first-order valence-corrected chi connectivity index (χ1v) is 4.28. The van der Waals surface area contributed by atoms with Crippen molar-refractivity contribution in [3.8, 4) is 0 Å². The van der Waals surface area contributed by atoms with Crippen molar-refractivity contribution in [3.63, 3.8) is 0 Å². The van der Waals surface area contributed by atoms with E-state index >= 15 is 0 Å². The highest BCUT2D eigenvalue weighted by Gasteiger charge is 2.05. The highest BCUT2D eigenvalue weighted by molar-refractivity contribution is 7.49. The number of aliphatic hydroxyl groups is 1. The van der Waals surface area contributed by atoms with Gasteiger partial charge < -0.3 is 15.1 Å². The first kappa shape index (κ1) is 10.2.